The summed E-state index contributed by atoms with van der Waals surface area (Å²) in [6.45, 7) is 7.68. The lowest BCUT2D eigenvalue weighted by atomic mass is 10.2. The van der Waals surface area contributed by atoms with Crippen molar-refractivity contribution in [3.63, 3.8) is 0 Å². The molecule has 0 aromatic heterocycles. The Hall–Kier alpha value is -0.530. The average Bonchev–Trinajstić information content (AvgIpc) is 2.82. The van der Waals surface area contributed by atoms with Crippen molar-refractivity contribution in [3.8, 4) is 0 Å². The van der Waals surface area contributed by atoms with E-state index in [0.29, 0.717) is 12.0 Å². The zero-order valence-electron chi connectivity index (χ0n) is 9.14. The molecular formula is C11H22N2. The van der Waals surface area contributed by atoms with Crippen LogP contribution >= 0.6 is 0 Å². The third-order valence-corrected chi connectivity index (χ3v) is 2.38. The molecule has 0 saturated heterocycles. The summed E-state index contributed by atoms with van der Waals surface area (Å²) < 4.78 is 0. The number of hydrogen-bond donors (Lipinski definition) is 1. The molecule has 1 fully saturated rings. The molecule has 76 valence electrons. The quantitative estimate of drug-likeness (QED) is 0.513. The summed E-state index contributed by atoms with van der Waals surface area (Å²) in [5, 5.41) is 7.94. The van der Waals surface area contributed by atoms with Crippen LogP contribution in [0.5, 0.6) is 0 Å². The number of nitrogens with zero attached hydrogens (tertiary/aromatic N) is 1. The second-order valence-electron chi connectivity index (χ2n) is 4.47. The van der Waals surface area contributed by atoms with Gasteiger partial charge >= 0.3 is 0 Å². The third kappa shape index (κ3) is 3.37. The molecular weight excluding hydrogens is 160 g/mol. The molecule has 0 heterocycles. The highest BCUT2D eigenvalue weighted by Gasteiger charge is 2.30. The lowest BCUT2D eigenvalue weighted by Gasteiger charge is -2.26. The highest BCUT2D eigenvalue weighted by atomic mass is 15.2. The summed E-state index contributed by atoms with van der Waals surface area (Å²) in [6.07, 6.45) is 4.65. The van der Waals surface area contributed by atoms with E-state index in [2.05, 4.69) is 25.7 Å². The van der Waals surface area contributed by atoms with Crippen molar-refractivity contribution < 1.29 is 0 Å². The van der Waals surface area contributed by atoms with Gasteiger partial charge in [0.05, 0.1) is 5.84 Å². The highest BCUT2D eigenvalue weighted by molar-refractivity contribution is 5.79. The maximum absolute atomic E-state index is 7.94. The molecule has 2 nitrogen and oxygen atoms in total. The Morgan fingerprint density at radius 2 is 2.08 bits per heavy atom. The molecule has 1 rings (SSSR count). The number of amidine groups is 1. The van der Waals surface area contributed by atoms with E-state index in [1.165, 1.54) is 12.8 Å². The summed E-state index contributed by atoms with van der Waals surface area (Å²) in [4.78, 5) is 2.31. The summed E-state index contributed by atoms with van der Waals surface area (Å²) in [5.41, 5.74) is 0. The van der Waals surface area contributed by atoms with Gasteiger partial charge in [0.2, 0.25) is 0 Å². The summed E-state index contributed by atoms with van der Waals surface area (Å²) in [7, 11) is 0. The van der Waals surface area contributed by atoms with Crippen molar-refractivity contribution in [3.05, 3.63) is 0 Å². The van der Waals surface area contributed by atoms with Gasteiger partial charge in [-0.05, 0) is 25.2 Å². The van der Waals surface area contributed by atoms with E-state index in [0.717, 1.165) is 25.2 Å². The van der Waals surface area contributed by atoms with Gasteiger partial charge in [0.1, 0.15) is 0 Å². The van der Waals surface area contributed by atoms with E-state index in [-0.39, 0.29) is 0 Å². The van der Waals surface area contributed by atoms with E-state index < -0.39 is 0 Å². The van der Waals surface area contributed by atoms with Crippen molar-refractivity contribution in [2.45, 2.75) is 52.5 Å². The lowest BCUT2D eigenvalue weighted by molar-refractivity contribution is 0.348. The first kappa shape index (κ1) is 10.6. The Morgan fingerprint density at radius 3 is 2.46 bits per heavy atom. The van der Waals surface area contributed by atoms with E-state index in [4.69, 9.17) is 5.41 Å². The fourth-order valence-corrected chi connectivity index (χ4v) is 1.64. The Labute approximate surface area is 81.8 Å². The molecule has 1 aliphatic rings. The van der Waals surface area contributed by atoms with Gasteiger partial charge in [-0.1, -0.05) is 20.8 Å². The van der Waals surface area contributed by atoms with Crippen LogP contribution in [0, 0.1) is 11.3 Å². The summed E-state index contributed by atoms with van der Waals surface area (Å²) in [6, 6.07) is 0.710. The topological polar surface area (TPSA) is 27.1 Å². The van der Waals surface area contributed by atoms with Crippen LogP contribution in [0.15, 0.2) is 0 Å². The Morgan fingerprint density at radius 1 is 1.46 bits per heavy atom. The van der Waals surface area contributed by atoms with E-state index in [1.807, 2.05) is 0 Å². The molecule has 0 amide bonds. The van der Waals surface area contributed by atoms with Crippen LogP contribution in [0.1, 0.15) is 46.5 Å². The number of nitrogens with one attached hydrogen (secondary N) is 1. The molecule has 13 heavy (non-hydrogen) atoms. The molecule has 0 aromatic rings. The smallest absolute Gasteiger partial charge is 0.0960 e. The third-order valence-electron chi connectivity index (χ3n) is 2.38. The minimum absolute atomic E-state index is 0.679. The number of hydrogen-bond acceptors (Lipinski definition) is 1. The van der Waals surface area contributed by atoms with Gasteiger partial charge in [0, 0.05) is 19.0 Å². The first-order valence-corrected chi connectivity index (χ1v) is 5.49. The Bertz CT molecular complexity index is 171. The van der Waals surface area contributed by atoms with Crippen molar-refractivity contribution >= 4 is 5.84 Å². The first-order valence-electron chi connectivity index (χ1n) is 5.49. The van der Waals surface area contributed by atoms with Gasteiger partial charge < -0.3 is 4.90 Å². The fourth-order valence-electron chi connectivity index (χ4n) is 1.64. The highest BCUT2D eigenvalue weighted by Crippen LogP contribution is 2.28. The predicted octanol–water partition coefficient (Wildman–Crippen LogP) is 2.88. The molecule has 1 N–H and O–H groups in total. The van der Waals surface area contributed by atoms with Crippen LogP contribution in [-0.4, -0.2) is 23.3 Å². The zero-order valence-corrected chi connectivity index (χ0v) is 9.14. The molecule has 0 spiro atoms. The molecule has 1 aliphatic carbocycles. The molecule has 0 aliphatic heterocycles. The molecule has 0 radical (unpaired) electrons. The fraction of sp³-hybridized carbons (Fsp3) is 0.909. The molecule has 0 aromatic carbocycles. The maximum Gasteiger partial charge on any atom is 0.0960 e. The van der Waals surface area contributed by atoms with Gasteiger partial charge in [0.25, 0.3) is 0 Å². The van der Waals surface area contributed by atoms with Crippen LogP contribution in [-0.2, 0) is 0 Å². The molecule has 0 unspecified atom stereocenters. The van der Waals surface area contributed by atoms with E-state index in [9.17, 15) is 0 Å². The van der Waals surface area contributed by atoms with Gasteiger partial charge in [0.15, 0.2) is 0 Å². The first-order chi connectivity index (χ1) is 6.15. The summed E-state index contributed by atoms with van der Waals surface area (Å²) in [5.74, 6) is 1.54. The van der Waals surface area contributed by atoms with E-state index >= 15 is 0 Å². The van der Waals surface area contributed by atoms with Crippen molar-refractivity contribution in [1.82, 2.24) is 4.90 Å². The summed E-state index contributed by atoms with van der Waals surface area (Å²) >= 11 is 0. The van der Waals surface area contributed by atoms with Crippen LogP contribution in [0.3, 0.4) is 0 Å². The molecule has 1 saturated carbocycles. The van der Waals surface area contributed by atoms with Crippen LogP contribution in [0.4, 0.5) is 0 Å². The van der Waals surface area contributed by atoms with Gasteiger partial charge in [-0.3, -0.25) is 5.41 Å². The predicted molar refractivity (Wildman–Crippen MR) is 57.2 cm³/mol. The van der Waals surface area contributed by atoms with Gasteiger partial charge in [-0.15, -0.1) is 0 Å². The van der Waals surface area contributed by atoms with Crippen molar-refractivity contribution in [2.75, 3.05) is 6.54 Å². The number of rotatable bonds is 5. The van der Waals surface area contributed by atoms with Gasteiger partial charge in [-0.25, -0.2) is 0 Å². The SMILES string of the molecule is CCCC(=N)N(CC(C)C)C1CC1. The Balaban J connectivity index is 2.41. The molecule has 0 atom stereocenters. The monoisotopic (exact) mass is 182 g/mol. The van der Waals surface area contributed by atoms with Crippen molar-refractivity contribution in [1.29, 1.82) is 5.41 Å². The van der Waals surface area contributed by atoms with Gasteiger partial charge in [-0.2, -0.15) is 0 Å². The molecule has 0 bridgehead atoms. The van der Waals surface area contributed by atoms with E-state index in [1.54, 1.807) is 0 Å². The average molecular weight is 182 g/mol. The standard InChI is InChI=1S/C11H22N2/c1-4-5-11(12)13(8-9(2)3)10-6-7-10/h9-10,12H,4-8H2,1-3H3. The second kappa shape index (κ2) is 4.64. The zero-order chi connectivity index (χ0) is 9.84. The van der Waals surface area contributed by atoms with Crippen molar-refractivity contribution in [2.24, 2.45) is 5.92 Å². The van der Waals surface area contributed by atoms with Crippen LogP contribution < -0.4 is 0 Å². The Kier molecular flexibility index (Phi) is 3.76. The lowest BCUT2D eigenvalue weighted by Crippen LogP contribution is -2.35. The van der Waals surface area contributed by atoms with Crippen LogP contribution in [0.2, 0.25) is 0 Å². The second-order valence-corrected chi connectivity index (χ2v) is 4.47. The van der Waals surface area contributed by atoms with Crippen LogP contribution in [0.25, 0.3) is 0 Å². The molecule has 2 heteroatoms. The largest absolute Gasteiger partial charge is 0.357 e. The minimum atomic E-state index is 0.679. The maximum atomic E-state index is 7.94. The minimum Gasteiger partial charge on any atom is -0.357 e. The normalized spacial score (nSPS) is 16.3.